The molecule has 1 aliphatic rings. The van der Waals surface area contributed by atoms with Crippen molar-refractivity contribution in [2.75, 3.05) is 13.4 Å². The smallest absolute Gasteiger partial charge is 0.338 e. The van der Waals surface area contributed by atoms with Gasteiger partial charge in [0, 0.05) is 11.9 Å². The van der Waals surface area contributed by atoms with E-state index in [1.165, 1.54) is 0 Å². The topological polar surface area (TPSA) is 91.7 Å². The van der Waals surface area contributed by atoms with E-state index in [2.05, 4.69) is 10.4 Å². The second-order valence-corrected chi connectivity index (χ2v) is 6.91. The first-order chi connectivity index (χ1) is 14.5. The van der Waals surface area contributed by atoms with Crippen LogP contribution in [0.2, 0.25) is 0 Å². The van der Waals surface area contributed by atoms with Gasteiger partial charge in [0.25, 0.3) is 5.91 Å². The molecule has 4 rings (SSSR count). The maximum atomic E-state index is 12.2. The minimum absolute atomic E-state index is 0.192. The second kappa shape index (κ2) is 8.28. The zero-order valence-electron chi connectivity index (χ0n) is 16.6. The Morgan fingerprint density at radius 2 is 1.90 bits per heavy atom. The Balaban J connectivity index is 1.30. The number of esters is 1. The molecule has 30 heavy (non-hydrogen) atoms. The van der Waals surface area contributed by atoms with Crippen molar-refractivity contribution >= 4 is 11.9 Å². The molecule has 154 valence electrons. The lowest BCUT2D eigenvalue weighted by Gasteiger charge is -2.15. The van der Waals surface area contributed by atoms with E-state index >= 15 is 0 Å². The van der Waals surface area contributed by atoms with Crippen molar-refractivity contribution in [3.8, 4) is 17.2 Å². The molecule has 8 nitrogen and oxygen atoms in total. The minimum atomic E-state index is -0.565. The summed E-state index contributed by atoms with van der Waals surface area (Å²) >= 11 is 0. The molecule has 0 radical (unpaired) electrons. The third kappa shape index (κ3) is 4.12. The number of hydrogen-bond donors (Lipinski definition) is 1. The van der Waals surface area contributed by atoms with E-state index in [1.807, 2.05) is 32.0 Å². The van der Waals surface area contributed by atoms with Crippen molar-refractivity contribution in [1.82, 2.24) is 15.1 Å². The van der Waals surface area contributed by atoms with Crippen LogP contribution >= 0.6 is 0 Å². The Labute approximate surface area is 173 Å². The number of rotatable bonds is 6. The van der Waals surface area contributed by atoms with Gasteiger partial charge in [-0.05, 0) is 61.9 Å². The quantitative estimate of drug-likeness (QED) is 0.632. The molecule has 0 saturated carbocycles. The standard InChI is InChI=1S/C22H21N3O5/c1-14-9-10-23-25(14)18-6-3-16(4-7-18)22(27)28-12-21(26)24-15(2)17-5-8-19-20(11-17)30-13-29-19/h3-11,15H,12-13H2,1-2H3,(H,24,26)/t15-/m0/s1. The van der Waals surface area contributed by atoms with E-state index in [0.717, 1.165) is 16.9 Å². The lowest BCUT2D eigenvalue weighted by Crippen LogP contribution is -2.31. The van der Waals surface area contributed by atoms with Crippen molar-refractivity contribution in [2.24, 2.45) is 0 Å². The fraction of sp³-hybridized carbons (Fsp3) is 0.227. The van der Waals surface area contributed by atoms with Crippen LogP contribution in [-0.2, 0) is 9.53 Å². The SMILES string of the molecule is Cc1ccnn1-c1ccc(C(=O)OCC(=O)N[C@@H](C)c2ccc3c(c2)OCO3)cc1. The van der Waals surface area contributed by atoms with Crippen LogP contribution in [0.25, 0.3) is 5.69 Å². The van der Waals surface area contributed by atoms with Gasteiger partial charge >= 0.3 is 5.97 Å². The number of carbonyl (C=O) groups is 2. The number of hydrogen-bond acceptors (Lipinski definition) is 6. The molecule has 0 aliphatic carbocycles. The van der Waals surface area contributed by atoms with Crippen molar-refractivity contribution in [3.63, 3.8) is 0 Å². The van der Waals surface area contributed by atoms with Gasteiger partial charge in [-0.1, -0.05) is 6.07 Å². The molecular weight excluding hydrogens is 386 g/mol. The van der Waals surface area contributed by atoms with E-state index in [9.17, 15) is 9.59 Å². The summed E-state index contributed by atoms with van der Waals surface area (Å²) in [6.07, 6.45) is 1.71. The highest BCUT2D eigenvalue weighted by Gasteiger charge is 2.18. The number of aryl methyl sites for hydroxylation is 1. The summed E-state index contributed by atoms with van der Waals surface area (Å²) in [5.74, 6) is 0.371. The number of carbonyl (C=O) groups excluding carboxylic acids is 2. The van der Waals surface area contributed by atoms with Crippen molar-refractivity contribution in [2.45, 2.75) is 19.9 Å². The van der Waals surface area contributed by atoms with Crippen molar-refractivity contribution < 1.29 is 23.8 Å². The fourth-order valence-electron chi connectivity index (χ4n) is 3.14. The van der Waals surface area contributed by atoms with Gasteiger partial charge < -0.3 is 19.5 Å². The molecule has 0 bridgehead atoms. The van der Waals surface area contributed by atoms with Crippen LogP contribution in [0.4, 0.5) is 0 Å². The summed E-state index contributed by atoms with van der Waals surface area (Å²) in [4.78, 5) is 24.4. The molecule has 1 atom stereocenters. The monoisotopic (exact) mass is 407 g/mol. The van der Waals surface area contributed by atoms with Crippen LogP contribution in [0.3, 0.4) is 0 Å². The van der Waals surface area contributed by atoms with Gasteiger partial charge in [0.2, 0.25) is 6.79 Å². The molecule has 8 heteroatoms. The van der Waals surface area contributed by atoms with E-state index in [1.54, 1.807) is 41.2 Å². The molecule has 0 unspecified atom stereocenters. The largest absolute Gasteiger partial charge is 0.454 e. The molecule has 0 fully saturated rings. The number of ether oxygens (including phenoxy) is 3. The summed E-state index contributed by atoms with van der Waals surface area (Å²) in [7, 11) is 0. The summed E-state index contributed by atoms with van der Waals surface area (Å²) < 4.78 is 17.5. The Hall–Kier alpha value is -3.81. The Morgan fingerprint density at radius 1 is 1.13 bits per heavy atom. The number of nitrogens with zero attached hydrogens (tertiary/aromatic N) is 2. The van der Waals surface area contributed by atoms with Crippen LogP contribution in [-0.4, -0.2) is 35.1 Å². The molecule has 3 aromatic rings. The zero-order chi connectivity index (χ0) is 21.1. The predicted octanol–water partition coefficient (Wildman–Crippen LogP) is 2.94. The molecule has 2 aromatic carbocycles. The fourth-order valence-corrected chi connectivity index (χ4v) is 3.14. The van der Waals surface area contributed by atoms with E-state index in [4.69, 9.17) is 14.2 Å². The molecule has 0 saturated heterocycles. The third-order valence-corrected chi connectivity index (χ3v) is 4.79. The van der Waals surface area contributed by atoms with Gasteiger partial charge in [0.15, 0.2) is 18.1 Å². The van der Waals surface area contributed by atoms with E-state index in [0.29, 0.717) is 17.1 Å². The number of aromatic nitrogens is 2. The molecular formula is C22H21N3O5. The average molecular weight is 407 g/mol. The molecule has 2 heterocycles. The van der Waals surface area contributed by atoms with Gasteiger partial charge in [-0.2, -0.15) is 5.10 Å². The number of fused-ring (bicyclic) bond motifs is 1. The second-order valence-electron chi connectivity index (χ2n) is 6.91. The highest BCUT2D eigenvalue weighted by atomic mass is 16.7. The Morgan fingerprint density at radius 3 is 2.63 bits per heavy atom. The zero-order valence-corrected chi connectivity index (χ0v) is 16.6. The number of amides is 1. The van der Waals surface area contributed by atoms with Crippen LogP contribution in [0.5, 0.6) is 11.5 Å². The summed E-state index contributed by atoms with van der Waals surface area (Å²) in [5.41, 5.74) is 3.05. The Bertz CT molecular complexity index is 1070. The Kier molecular flexibility index (Phi) is 5.38. The van der Waals surface area contributed by atoms with Crippen molar-refractivity contribution in [3.05, 3.63) is 71.5 Å². The van der Waals surface area contributed by atoms with E-state index < -0.39 is 11.9 Å². The summed E-state index contributed by atoms with van der Waals surface area (Å²) in [5, 5.41) is 7.03. The molecule has 1 aromatic heterocycles. The van der Waals surface area contributed by atoms with Gasteiger partial charge in [-0.3, -0.25) is 4.79 Å². The minimum Gasteiger partial charge on any atom is -0.454 e. The van der Waals surface area contributed by atoms with Gasteiger partial charge in [0.1, 0.15) is 0 Å². The molecule has 1 aliphatic heterocycles. The average Bonchev–Trinajstić information content (AvgIpc) is 3.40. The summed E-state index contributed by atoms with van der Waals surface area (Å²) in [6, 6.07) is 13.9. The van der Waals surface area contributed by atoms with Crippen LogP contribution in [0.1, 0.15) is 34.6 Å². The normalized spacial score (nSPS) is 13.0. The van der Waals surface area contributed by atoms with Crippen LogP contribution < -0.4 is 14.8 Å². The highest BCUT2D eigenvalue weighted by molar-refractivity contribution is 5.91. The molecule has 1 N–H and O–H groups in total. The van der Waals surface area contributed by atoms with Crippen LogP contribution in [0, 0.1) is 6.92 Å². The lowest BCUT2D eigenvalue weighted by atomic mass is 10.1. The first-order valence-electron chi connectivity index (χ1n) is 9.48. The lowest BCUT2D eigenvalue weighted by molar-refractivity contribution is -0.124. The van der Waals surface area contributed by atoms with Crippen molar-refractivity contribution in [1.29, 1.82) is 0 Å². The highest BCUT2D eigenvalue weighted by Crippen LogP contribution is 2.34. The maximum absolute atomic E-state index is 12.2. The van der Waals surface area contributed by atoms with Gasteiger partial charge in [0.05, 0.1) is 17.3 Å². The van der Waals surface area contributed by atoms with Gasteiger partial charge in [-0.15, -0.1) is 0 Å². The number of benzene rings is 2. The summed E-state index contributed by atoms with van der Waals surface area (Å²) in [6.45, 7) is 3.61. The van der Waals surface area contributed by atoms with E-state index in [-0.39, 0.29) is 19.4 Å². The molecule has 0 spiro atoms. The number of nitrogens with one attached hydrogen (secondary N) is 1. The van der Waals surface area contributed by atoms with Crippen LogP contribution in [0.15, 0.2) is 54.7 Å². The van der Waals surface area contributed by atoms with Gasteiger partial charge in [-0.25, -0.2) is 9.48 Å². The first-order valence-corrected chi connectivity index (χ1v) is 9.48. The predicted molar refractivity (Wildman–Crippen MR) is 108 cm³/mol. The molecule has 1 amide bonds. The first kappa shape index (κ1) is 19.5. The third-order valence-electron chi connectivity index (χ3n) is 4.79. The maximum Gasteiger partial charge on any atom is 0.338 e.